The Morgan fingerprint density at radius 3 is 1.93 bits per heavy atom. The van der Waals surface area contributed by atoms with Gasteiger partial charge in [0.25, 0.3) is 0 Å². The highest BCUT2D eigenvalue weighted by Gasteiger charge is 2.26. The lowest BCUT2D eigenvalue weighted by atomic mass is 9.88. The Bertz CT molecular complexity index is 936. The summed E-state index contributed by atoms with van der Waals surface area (Å²) in [6, 6.07) is 20.1. The molecular formula is C32H49N3O5. The number of hydrogen-bond acceptors (Lipinski definition) is 6. The van der Waals surface area contributed by atoms with Crippen molar-refractivity contribution in [1.82, 2.24) is 10.2 Å². The molecule has 222 valence electrons. The number of benzene rings is 2. The molecule has 3 N–H and O–H groups in total. The maximum atomic E-state index is 13.6. The Morgan fingerprint density at radius 1 is 0.875 bits per heavy atom. The van der Waals surface area contributed by atoms with Crippen molar-refractivity contribution in [2.45, 2.75) is 84.2 Å². The van der Waals surface area contributed by atoms with Crippen LogP contribution in [0.15, 0.2) is 60.7 Å². The molecule has 0 aliphatic heterocycles. The fourth-order valence-corrected chi connectivity index (χ4v) is 4.53. The average molecular weight is 556 g/mol. The minimum atomic E-state index is -0.655. The lowest BCUT2D eigenvalue weighted by Crippen LogP contribution is -2.48. The van der Waals surface area contributed by atoms with Crippen molar-refractivity contribution in [1.29, 1.82) is 0 Å². The molecule has 40 heavy (non-hydrogen) atoms. The summed E-state index contributed by atoms with van der Waals surface area (Å²) in [5.41, 5.74) is 8.28. The molecule has 0 radical (unpaired) electrons. The standard InChI is InChI=1S/C32H49N3O5/c1-6-38-29(39-7-2)24-35(30(36)28(33)20-14-15-22-34-31(37)40-32(3,4)5)23-21-27(25-16-10-8-11-17-25)26-18-12-9-13-19-26/h8-13,16-19,27-29H,6-7,14-15,20-24,33H2,1-5H3,(H,34,37). The second-order valence-corrected chi connectivity index (χ2v) is 10.8. The van der Waals surface area contributed by atoms with Gasteiger partial charge in [0.1, 0.15) is 5.60 Å². The molecule has 0 saturated heterocycles. The molecule has 2 aromatic carbocycles. The van der Waals surface area contributed by atoms with E-state index in [0.717, 1.165) is 6.42 Å². The van der Waals surface area contributed by atoms with E-state index in [4.69, 9.17) is 19.9 Å². The molecule has 0 aliphatic rings. The highest BCUT2D eigenvalue weighted by molar-refractivity contribution is 5.81. The Kier molecular flexibility index (Phi) is 14.7. The van der Waals surface area contributed by atoms with Crippen molar-refractivity contribution < 1.29 is 23.8 Å². The number of rotatable bonds is 17. The molecule has 0 saturated carbocycles. The zero-order valence-electron chi connectivity index (χ0n) is 24.9. The predicted molar refractivity (Wildman–Crippen MR) is 159 cm³/mol. The molecule has 0 spiro atoms. The lowest BCUT2D eigenvalue weighted by Gasteiger charge is -2.31. The Hall–Kier alpha value is -2.94. The fourth-order valence-electron chi connectivity index (χ4n) is 4.53. The maximum absolute atomic E-state index is 13.6. The van der Waals surface area contributed by atoms with E-state index in [0.29, 0.717) is 52.1 Å². The molecule has 8 nitrogen and oxygen atoms in total. The number of amides is 2. The third kappa shape index (κ3) is 12.5. The van der Waals surface area contributed by atoms with Crippen LogP contribution < -0.4 is 11.1 Å². The van der Waals surface area contributed by atoms with Crippen LogP contribution in [0.5, 0.6) is 0 Å². The molecule has 2 rings (SSSR count). The lowest BCUT2D eigenvalue weighted by molar-refractivity contribution is -0.159. The topological polar surface area (TPSA) is 103 Å². The van der Waals surface area contributed by atoms with Crippen LogP contribution in [0.4, 0.5) is 4.79 Å². The van der Waals surface area contributed by atoms with Crippen molar-refractivity contribution in [3.63, 3.8) is 0 Å². The van der Waals surface area contributed by atoms with Gasteiger partial charge in [0.2, 0.25) is 5.91 Å². The molecule has 0 fully saturated rings. The highest BCUT2D eigenvalue weighted by atomic mass is 16.7. The van der Waals surface area contributed by atoms with Crippen LogP contribution in [0.1, 0.15) is 77.3 Å². The quantitative estimate of drug-likeness (QED) is 0.199. The van der Waals surface area contributed by atoms with E-state index in [1.165, 1.54) is 11.1 Å². The number of nitrogens with two attached hydrogens (primary N) is 1. The second-order valence-electron chi connectivity index (χ2n) is 10.8. The monoisotopic (exact) mass is 555 g/mol. The highest BCUT2D eigenvalue weighted by Crippen LogP contribution is 2.28. The molecule has 2 amide bonds. The number of nitrogens with one attached hydrogen (secondary N) is 1. The summed E-state index contributed by atoms with van der Waals surface area (Å²) >= 11 is 0. The SMILES string of the molecule is CCOC(CN(CCC(c1ccccc1)c1ccccc1)C(=O)C(N)CCCCNC(=O)OC(C)(C)C)OCC. The van der Waals surface area contributed by atoms with Crippen molar-refractivity contribution >= 4 is 12.0 Å². The van der Waals surface area contributed by atoms with Gasteiger partial charge in [-0.15, -0.1) is 0 Å². The van der Waals surface area contributed by atoms with Gasteiger partial charge < -0.3 is 30.2 Å². The molecule has 8 heteroatoms. The van der Waals surface area contributed by atoms with Gasteiger partial charge in [0.05, 0.1) is 12.6 Å². The Labute approximate surface area is 240 Å². The van der Waals surface area contributed by atoms with E-state index in [-0.39, 0.29) is 11.8 Å². The van der Waals surface area contributed by atoms with Gasteiger partial charge in [-0.25, -0.2) is 4.79 Å². The summed E-state index contributed by atoms with van der Waals surface area (Å²) in [6.07, 6.45) is 1.69. The molecule has 0 aromatic heterocycles. The molecule has 0 aliphatic carbocycles. The number of ether oxygens (including phenoxy) is 3. The largest absolute Gasteiger partial charge is 0.444 e. The fraction of sp³-hybridized carbons (Fsp3) is 0.562. The first-order valence-corrected chi connectivity index (χ1v) is 14.5. The average Bonchev–Trinajstić information content (AvgIpc) is 2.92. The summed E-state index contributed by atoms with van der Waals surface area (Å²) in [5.74, 6) is 0.00914. The molecule has 0 heterocycles. The Balaban J connectivity index is 2.05. The molecule has 2 aromatic rings. The van der Waals surface area contributed by atoms with Crippen molar-refractivity contribution in [3.8, 4) is 0 Å². The first kappa shape index (κ1) is 33.3. The van der Waals surface area contributed by atoms with Crippen molar-refractivity contribution in [2.24, 2.45) is 5.73 Å². The molecule has 0 bridgehead atoms. The van der Waals surface area contributed by atoms with Crippen molar-refractivity contribution in [3.05, 3.63) is 71.8 Å². The zero-order valence-corrected chi connectivity index (χ0v) is 24.9. The van der Waals surface area contributed by atoms with E-state index in [2.05, 4.69) is 29.6 Å². The summed E-state index contributed by atoms with van der Waals surface area (Å²) in [7, 11) is 0. The minimum absolute atomic E-state index is 0.121. The number of unbranched alkanes of at least 4 members (excludes halogenated alkanes) is 1. The first-order chi connectivity index (χ1) is 19.1. The van der Waals surface area contributed by atoms with Gasteiger partial charge in [-0.05, 0) is 71.4 Å². The zero-order chi connectivity index (χ0) is 29.4. The van der Waals surface area contributed by atoms with E-state index in [1.807, 2.05) is 71.0 Å². The second kappa shape index (κ2) is 17.7. The normalized spacial score (nSPS) is 12.4. The molecule has 1 atom stereocenters. The van der Waals surface area contributed by atoms with Crippen molar-refractivity contribution in [2.75, 3.05) is 32.8 Å². The summed E-state index contributed by atoms with van der Waals surface area (Å²) < 4.78 is 16.8. The van der Waals surface area contributed by atoms with Gasteiger partial charge in [0.15, 0.2) is 6.29 Å². The van der Waals surface area contributed by atoms with E-state index in [9.17, 15) is 9.59 Å². The van der Waals surface area contributed by atoms with E-state index in [1.54, 1.807) is 4.90 Å². The first-order valence-electron chi connectivity index (χ1n) is 14.5. The van der Waals surface area contributed by atoms with Gasteiger partial charge in [-0.1, -0.05) is 60.7 Å². The number of carbonyl (C=O) groups is 2. The maximum Gasteiger partial charge on any atom is 0.407 e. The third-order valence-electron chi connectivity index (χ3n) is 6.41. The van der Waals surface area contributed by atoms with Gasteiger partial charge in [-0.3, -0.25) is 4.79 Å². The number of carbonyl (C=O) groups excluding carboxylic acids is 2. The summed E-state index contributed by atoms with van der Waals surface area (Å²) in [6.45, 7) is 11.6. The number of alkyl carbamates (subject to hydrolysis) is 1. The number of hydrogen-bond donors (Lipinski definition) is 2. The Morgan fingerprint density at radius 2 is 1.43 bits per heavy atom. The third-order valence-corrected chi connectivity index (χ3v) is 6.41. The smallest absolute Gasteiger partial charge is 0.407 e. The minimum Gasteiger partial charge on any atom is -0.444 e. The molecular weight excluding hydrogens is 506 g/mol. The van der Waals surface area contributed by atoms with Crippen LogP contribution in [0.3, 0.4) is 0 Å². The summed E-state index contributed by atoms with van der Waals surface area (Å²) in [5, 5.41) is 2.75. The van der Waals surface area contributed by atoms with Crippen LogP contribution in [0, 0.1) is 0 Å². The summed E-state index contributed by atoms with van der Waals surface area (Å²) in [4.78, 5) is 27.2. The predicted octanol–water partition coefficient (Wildman–Crippen LogP) is 5.46. The van der Waals surface area contributed by atoms with Crippen LogP contribution in [0.2, 0.25) is 0 Å². The van der Waals surface area contributed by atoms with Crippen LogP contribution in [-0.4, -0.2) is 67.7 Å². The molecule has 1 unspecified atom stereocenters. The van der Waals surface area contributed by atoms with Gasteiger partial charge in [-0.2, -0.15) is 0 Å². The van der Waals surface area contributed by atoms with Gasteiger partial charge >= 0.3 is 6.09 Å². The van der Waals surface area contributed by atoms with E-state index >= 15 is 0 Å². The van der Waals surface area contributed by atoms with Crippen LogP contribution in [0.25, 0.3) is 0 Å². The van der Waals surface area contributed by atoms with Crippen LogP contribution >= 0.6 is 0 Å². The van der Waals surface area contributed by atoms with E-state index < -0.39 is 24.0 Å². The van der Waals surface area contributed by atoms with Crippen LogP contribution in [-0.2, 0) is 19.0 Å². The number of nitrogens with zero attached hydrogens (tertiary/aromatic N) is 1. The van der Waals surface area contributed by atoms with Gasteiger partial charge in [0, 0.05) is 32.2 Å².